The monoisotopic (exact) mass is 377 g/mol. The molecule has 1 atom stereocenters. The van der Waals surface area contributed by atoms with Gasteiger partial charge in [0.15, 0.2) is 0 Å². The second-order valence-corrected chi connectivity index (χ2v) is 7.18. The molecule has 0 saturated carbocycles. The first-order valence-electron chi connectivity index (χ1n) is 8.36. The lowest BCUT2D eigenvalue weighted by Crippen LogP contribution is -2.54. The Balaban J connectivity index is 1.75. The van der Waals surface area contributed by atoms with Gasteiger partial charge >= 0.3 is 6.03 Å². The molecule has 2 aromatic rings. The first-order valence-corrected chi connectivity index (χ1v) is 9.13. The lowest BCUT2D eigenvalue weighted by Gasteiger charge is -2.35. The third-order valence-electron chi connectivity index (χ3n) is 4.17. The third-order valence-corrected chi connectivity index (χ3v) is 4.91. The second-order valence-electron chi connectivity index (χ2n) is 6.34. The van der Waals surface area contributed by atoms with Gasteiger partial charge < -0.3 is 15.5 Å². The number of nitrogens with zero attached hydrogens (tertiary/aromatic N) is 3. The number of urea groups is 1. The summed E-state index contributed by atoms with van der Waals surface area (Å²) < 4.78 is 17.5. The van der Waals surface area contributed by atoms with Crippen molar-refractivity contribution >= 4 is 23.5 Å². The number of carbonyl (C=O) groups excluding carboxylic acids is 2. The standard InChI is InChI=1S/C17H20FN5O2S/c1-10(2)14-13(26-22-21-14)9-20-17(25)23-7-6-19-16(24)15(23)11-4-3-5-12(18)8-11/h3-5,8,10,15H,6-7,9H2,1-2H3,(H,19,24)(H,20,25). The van der Waals surface area contributed by atoms with E-state index in [0.29, 0.717) is 18.7 Å². The number of amides is 3. The lowest BCUT2D eigenvalue weighted by molar-refractivity contribution is -0.127. The van der Waals surface area contributed by atoms with Gasteiger partial charge in [-0.25, -0.2) is 9.18 Å². The molecule has 1 aromatic carbocycles. The molecule has 0 radical (unpaired) electrons. The molecular weight excluding hydrogens is 357 g/mol. The smallest absolute Gasteiger partial charge is 0.318 e. The van der Waals surface area contributed by atoms with Gasteiger partial charge in [-0.15, -0.1) is 5.10 Å². The van der Waals surface area contributed by atoms with E-state index in [2.05, 4.69) is 20.2 Å². The van der Waals surface area contributed by atoms with E-state index < -0.39 is 11.9 Å². The first-order chi connectivity index (χ1) is 12.5. The number of carbonyl (C=O) groups is 2. The number of aromatic nitrogens is 2. The van der Waals surface area contributed by atoms with Gasteiger partial charge in [0.1, 0.15) is 11.9 Å². The second kappa shape index (κ2) is 7.77. The Labute approximate surface area is 154 Å². The molecule has 3 rings (SSSR count). The van der Waals surface area contributed by atoms with Crippen LogP contribution in [0, 0.1) is 5.82 Å². The van der Waals surface area contributed by atoms with Crippen LogP contribution in [-0.4, -0.2) is 39.5 Å². The Morgan fingerprint density at radius 1 is 1.50 bits per heavy atom. The zero-order valence-corrected chi connectivity index (χ0v) is 15.3. The van der Waals surface area contributed by atoms with E-state index >= 15 is 0 Å². The summed E-state index contributed by atoms with van der Waals surface area (Å²) in [7, 11) is 0. The number of rotatable bonds is 4. The van der Waals surface area contributed by atoms with Crippen molar-refractivity contribution < 1.29 is 14.0 Å². The molecule has 0 bridgehead atoms. The van der Waals surface area contributed by atoms with Gasteiger partial charge in [-0.1, -0.05) is 30.5 Å². The van der Waals surface area contributed by atoms with Crippen molar-refractivity contribution in [1.82, 2.24) is 25.1 Å². The van der Waals surface area contributed by atoms with Gasteiger partial charge in [0.2, 0.25) is 5.91 Å². The number of hydrogen-bond donors (Lipinski definition) is 2. The SMILES string of the molecule is CC(C)c1nnsc1CNC(=O)N1CCNC(=O)C1c1cccc(F)c1. The average molecular weight is 377 g/mol. The Bertz CT molecular complexity index is 810. The van der Waals surface area contributed by atoms with E-state index in [0.717, 1.165) is 10.6 Å². The highest BCUT2D eigenvalue weighted by molar-refractivity contribution is 7.05. The molecule has 1 unspecified atom stereocenters. The van der Waals surface area contributed by atoms with Crippen molar-refractivity contribution in [2.45, 2.75) is 32.4 Å². The topological polar surface area (TPSA) is 87.2 Å². The summed E-state index contributed by atoms with van der Waals surface area (Å²) in [5.41, 5.74) is 1.30. The number of piperazine rings is 1. The van der Waals surface area contributed by atoms with Crippen molar-refractivity contribution in [3.8, 4) is 0 Å². The fraction of sp³-hybridized carbons (Fsp3) is 0.412. The van der Waals surface area contributed by atoms with E-state index in [1.807, 2.05) is 13.8 Å². The number of halogens is 1. The minimum absolute atomic E-state index is 0.210. The molecule has 9 heteroatoms. The van der Waals surface area contributed by atoms with Gasteiger partial charge in [0, 0.05) is 13.1 Å². The average Bonchev–Trinajstić information content (AvgIpc) is 3.08. The van der Waals surface area contributed by atoms with Crippen LogP contribution in [0.1, 0.15) is 41.9 Å². The number of benzene rings is 1. The Morgan fingerprint density at radius 2 is 2.31 bits per heavy atom. The van der Waals surface area contributed by atoms with E-state index in [1.165, 1.54) is 34.6 Å². The molecule has 2 heterocycles. The van der Waals surface area contributed by atoms with Crippen molar-refractivity contribution in [2.24, 2.45) is 0 Å². The molecule has 1 aliphatic rings. The summed E-state index contributed by atoms with van der Waals surface area (Å²) in [4.78, 5) is 27.3. The van der Waals surface area contributed by atoms with Gasteiger partial charge in [-0.3, -0.25) is 4.79 Å². The number of nitrogens with one attached hydrogen (secondary N) is 2. The minimum Gasteiger partial charge on any atom is -0.352 e. The highest BCUT2D eigenvalue weighted by Gasteiger charge is 2.34. The van der Waals surface area contributed by atoms with E-state index in [9.17, 15) is 14.0 Å². The van der Waals surface area contributed by atoms with Gasteiger partial charge in [-0.05, 0) is 35.1 Å². The van der Waals surface area contributed by atoms with Gasteiger partial charge in [0.25, 0.3) is 0 Å². The maximum absolute atomic E-state index is 13.6. The zero-order valence-electron chi connectivity index (χ0n) is 14.5. The molecule has 1 aliphatic heterocycles. The predicted octanol–water partition coefficient (Wildman–Crippen LogP) is 2.18. The summed E-state index contributed by atoms with van der Waals surface area (Å²) in [5, 5.41) is 9.64. The highest BCUT2D eigenvalue weighted by Crippen LogP contribution is 2.24. The summed E-state index contributed by atoms with van der Waals surface area (Å²) in [5.74, 6) is -0.556. The van der Waals surface area contributed by atoms with Crippen LogP contribution in [0.5, 0.6) is 0 Å². The van der Waals surface area contributed by atoms with Gasteiger partial charge in [0.05, 0.1) is 17.1 Å². The van der Waals surface area contributed by atoms with Crippen molar-refractivity contribution in [3.05, 3.63) is 46.2 Å². The summed E-state index contributed by atoms with van der Waals surface area (Å²) in [6.07, 6.45) is 0. The normalized spacial score (nSPS) is 17.3. The summed E-state index contributed by atoms with van der Waals surface area (Å²) in [6.45, 7) is 5.01. The van der Waals surface area contributed by atoms with E-state index in [4.69, 9.17) is 0 Å². The maximum Gasteiger partial charge on any atom is 0.318 e. The maximum atomic E-state index is 13.6. The van der Waals surface area contributed by atoms with Crippen LogP contribution in [-0.2, 0) is 11.3 Å². The van der Waals surface area contributed by atoms with Crippen LogP contribution in [0.2, 0.25) is 0 Å². The van der Waals surface area contributed by atoms with Crippen LogP contribution in [0.3, 0.4) is 0 Å². The van der Waals surface area contributed by atoms with Crippen LogP contribution in [0.4, 0.5) is 9.18 Å². The van der Waals surface area contributed by atoms with Crippen LogP contribution >= 0.6 is 11.5 Å². The first kappa shape index (κ1) is 18.2. The summed E-state index contributed by atoms with van der Waals surface area (Å²) >= 11 is 1.24. The largest absolute Gasteiger partial charge is 0.352 e. The van der Waals surface area contributed by atoms with Crippen LogP contribution in [0.25, 0.3) is 0 Å². The van der Waals surface area contributed by atoms with Crippen molar-refractivity contribution in [3.63, 3.8) is 0 Å². The van der Waals surface area contributed by atoms with Crippen molar-refractivity contribution in [1.29, 1.82) is 0 Å². The van der Waals surface area contributed by atoms with Gasteiger partial charge in [-0.2, -0.15) is 0 Å². The predicted molar refractivity (Wildman–Crippen MR) is 95.1 cm³/mol. The fourth-order valence-electron chi connectivity index (χ4n) is 2.93. The quantitative estimate of drug-likeness (QED) is 0.855. The molecular formula is C17H20FN5O2S. The molecule has 0 spiro atoms. The molecule has 26 heavy (non-hydrogen) atoms. The zero-order chi connectivity index (χ0) is 18.7. The third kappa shape index (κ3) is 3.82. The highest BCUT2D eigenvalue weighted by atomic mass is 32.1. The molecule has 1 fully saturated rings. The van der Waals surface area contributed by atoms with Crippen LogP contribution < -0.4 is 10.6 Å². The molecule has 0 aliphatic carbocycles. The van der Waals surface area contributed by atoms with E-state index in [-0.39, 0.29) is 24.4 Å². The van der Waals surface area contributed by atoms with E-state index in [1.54, 1.807) is 6.07 Å². The van der Waals surface area contributed by atoms with Crippen LogP contribution in [0.15, 0.2) is 24.3 Å². The minimum atomic E-state index is -0.858. The Hall–Kier alpha value is -2.55. The fourth-order valence-corrected chi connectivity index (χ4v) is 3.66. The lowest BCUT2D eigenvalue weighted by atomic mass is 10.0. The Morgan fingerprint density at radius 3 is 3.04 bits per heavy atom. The van der Waals surface area contributed by atoms with Crippen molar-refractivity contribution in [2.75, 3.05) is 13.1 Å². The number of hydrogen-bond acceptors (Lipinski definition) is 5. The molecule has 138 valence electrons. The summed E-state index contributed by atoms with van der Waals surface area (Å²) in [6, 6.07) is 4.52. The molecule has 2 N–H and O–H groups in total. The Kier molecular flexibility index (Phi) is 5.46. The molecule has 1 saturated heterocycles. The molecule has 1 aromatic heterocycles. The molecule has 3 amide bonds. The molecule has 7 nitrogen and oxygen atoms in total.